The van der Waals surface area contributed by atoms with Crippen LogP contribution in [0.1, 0.15) is 29.0 Å². The fourth-order valence-electron chi connectivity index (χ4n) is 3.80. The lowest BCUT2D eigenvalue weighted by atomic mass is 10.0. The van der Waals surface area contributed by atoms with Crippen LogP contribution in [-0.4, -0.2) is 51.8 Å². The standard InChI is InChI=1S/C19H23N3O3/c1-21-10-4-7-16(21)19(23)22-12-17(18-15(22)8-5-11-24-18)25-13-14-6-2-3-9-20-14/h2-4,6-7,9-10,15,17-18H,5,8,11-13H2,1H3/t15-,17+,18+/m0/s1. The number of ether oxygens (including phenoxy) is 2. The maximum absolute atomic E-state index is 13.0. The summed E-state index contributed by atoms with van der Waals surface area (Å²) in [4.78, 5) is 19.2. The number of carbonyl (C=O) groups excluding carboxylic acids is 1. The second-order valence-electron chi connectivity index (χ2n) is 6.68. The molecule has 132 valence electrons. The van der Waals surface area contributed by atoms with Gasteiger partial charge in [0.1, 0.15) is 17.9 Å². The minimum absolute atomic E-state index is 0.0527. The molecule has 2 aliphatic heterocycles. The first kappa shape index (κ1) is 16.3. The normalized spacial score (nSPS) is 25.8. The van der Waals surface area contributed by atoms with E-state index in [0.29, 0.717) is 18.8 Å². The van der Waals surface area contributed by atoms with Gasteiger partial charge in [-0.25, -0.2) is 0 Å². The van der Waals surface area contributed by atoms with Crippen molar-refractivity contribution in [2.24, 2.45) is 7.05 Å². The van der Waals surface area contributed by atoms with E-state index in [-0.39, 0.29) is 24.2 Å². The van der Waals surface area contributed by atoms with Crippen molar-refractivity contribution >= 4 is 5.91 Å². The Balaban J connectivity index is 1.49. The van der Waals surface area contributed by atoms with E-state index in [1.54, 1.807) is 6.20 Å². The highest BCUT2D eigenvalue weighted by molar-refractivity contribution is 5.93. The SMILES string of the molecule is Cn1cccc1C(=O)N1C[C@@H](OCc2ccccn2)[C@@H]2OCCC[C@@H]21. The average molecular weight is 341 g/mol. The molecule has 0 unspecified atom stereocenters. The van der Waals surface area contributed by atoms with E-state index in [2.05, 4.69) is 4.98 Å². The number of carbonyl (C=O) groups is 1. The van der Waals surface area contributed by atoms with Crippen LogP contribution in [0.2, 0.25) is 0 Å². The molecule has 6 nitrogen and oxygen atoms in total. The summed E-state index contributed by atoms with van der Waals surface area (Å²) in [5.74, 6) is 0.0527. The first-order valence-corrected chi connectivity index (χ1v) is 8.79. The van der Waals surface area contributed by atoms with Gasteiger partial charge in [-0.1, -0.05) is 6.07 Å². The van der Waals surface area contributed by atoms with Crippen molar-refractivity contribution in [2.75, 3.05) is 13.2 Å². The Kier molecular flexibility index (Phi) is 4.55. The summed E-state index contributed by atoms with van der Waals surface area (Å²) in [6.45, 7) is 1.73. The molecule has 0 spiro atoms. The molecule has 6 heteroatoms. The zero-order chi connectivity index (χ0) is 17.2. The highest BCUT2D eigenvalue weighted by Gasteiger charge is 2.47. The first-order chi connectivity index (χ1) is 12.2. The van der Waals surface area contributed by atoms with Gasteiger partial charge in [-0.3, -0.25) is 9.78 Å². The summed E-state index contributed by atoms with van der Waals surface area (Å²) < 4.78 is 13.9. The van der Waals surface area contributed by atoms with E-state index in [1.807, 2.05) is 53.0 Å². The van der Waals surface area contributed by atoms with Crippen LogP contribution in [0.25, 0.3) is 0 Å². The number of hydrogen-bond acceptors (Lipinski definition) is 4. The minimum Gasteiger partial charge on any atom is -0.373 e. The fourth-order valence-corrected chi connectivity index (χ4v) is 3.80. The molecule has 1 amide bonds. The molecule has 0 radical (unpaired) electrons. The molecule has 2 aliphatic rings. The van der Waals surface area contributed by atoms with Crippen molar-refractivity contribution in [3.05, 3.63) is 54.1 Å². The highest BCUT2D eigenvalue weighted by Crippen LogP contribution is 2.32. The van der Waals surface area contributed by atoms with E-state index in [4.69, 9.17) is 9.47 Å². The third kappa shape index (κ3) is 3.19. The molecule has 2 saturated heterocycles. The molecule has 2 aromatic rings. The van der Waals surface area contributed by atoms with Gasteiger partial charge >= 0.3 is 0 Å². The molecule has 2 fully saturated rings. The van der Waals surface area contributed by atoms with E-state index >= 15 is 0 Å². The number of likely N-dealkylation sites (tertiary alicyclic amines) is 1. The first-order valence-electron chi connectivity index (χ1n) is 8.79. The number of fused-ring (bicyclic) bond motifs is 1. The number of aromatic nitrogens is 2. The van der Waals surface area contributed by atoms with E-state index in [1.165, 1.54) is 0 Å². The number of amides is 1. The Bertz CT molecular complexity index is 731. The van der Waals surface area contributed by atoms with Crippen LogP contribution >= 0.6 is 0 Å². The van der Waals surface area contributed by atoms with Gasteiger partial charge in [0.05, 0.1) is 24.9 Å². The Morgan fingerprint density at radius 1 is 1.36 bits per heavy atom. The Morgan fingerprint density at radius 2 is 2.28 bits per heavy atom. The van der Waals surface area contributed by atoms with Gasteiger partial charge in [0.2, 0.25) is 0 Å². The van der Waals surface area contributed by atoms with Crippen LogP contribution in [-0.2, 0) is 23.1 Å². The molecule has 2 aromatic heterocycles. The molecular weight excluding hydrogens is 318 g/mol. The summed E-state index contributed by atoms with van der Waals surface area (Å²) in [5.41, 5.74) is 1.59. The van der Waals surface area contributed by atoms with Gasteiger partial charge in [-0.05, 0) is 37.1 Å². The highest BCUT2D eigenvalue weighted by atomic mass is 16.5. The largest absolute Gasteiger partial charge is 0.373 e. The van der Waals surface area contributed by atoms with Crippen molar-refractivity contribution < 1.29 is 14.3 Å². The lowest BCUT2D eigenvalue weighted by molar-refractivity contribution is -0.0814. The van der Waals surface area contributed by atoms with Crippen molar-refractivity contribution in [1.82, 2.24) is 14.5 Å². The van der Waals surface area contributed by atoms with Crippen molar-refractivity contribution in [2.45, 2.75) is 37.7 Å². The quantitative estimate of drug-likeness (QED) is 0.854. The number of aryl methyl sites for hydroxylation is 1. The summed E-state index contributed by atoms with van der Waals surface area (Å²) in [5, 5.41) is 0. The van der Waals surface area contributed by atoms with Gasteiger partial charge in [-0.15, -0.1) is 0 Å². The van der Waals surface area contributed by atoms with Gasteiger partial charge in [-0.2, -0.15) is 0 Å². The molecule has 0 saturated carbocycles. The monoisotopic (exact) mass is 341 g/mol. The van der Waals surface area contributed by atoms with Gasteiger partial charge < -0.3 is 18.9 Å². The van der Waals surface area contributed by atoms with Crippen LogP contribution in [0.5, 0.6) is 0 Å². The summed E-state index contributed by atoms with van der Waals surface area (Å²) >= 11 is 0. The van der Waals surface area contributed by atoms with Gasteiger partial charge in [0, 0.05) is 26.0 Å². The predicted molar refractivity (Wildman–Crippen MR) is 92.0 cm³/mol. The zero-order valence-corrected chi connectivity index (χ0v) is 14.4. The molecule has 4 rings (SSSR count). The van der Waals surface area contributed by atoms with Crippen LogP contribution in [0.3, 0.4) is 0 Å². The van der Waals surface area contributed by atoms with Crippen molar-refractivity contribution in [1.29, 1.82) is 0 Å². The average Bonchev–Trinajstić information content (AvgIpc) is 3.24. The molecule has 4 heterocycles. The third-order valence-corrected chi connectivity index (χ3v) is 5.07. The fraction of sp³-hybridized carbons (Fsp3) is 0.474. The molecule has 3 atom stereocenters. The maximum atomic E-state index is 13.0. The number of nitrogens with zero attached hydrogens (tertiary/aromatic N) is 3. The number of rotatable bonds is 4. The Hall–Kier alpha value is -2.18. The van der Waals surface area contributed by atoms with Crippen molar-refractivity contribution in [3.8, 4) is 0 Å². The molecular formula is C19H23N3O3. The second-order valence-corrected chi connectivity index (χ2v) is 6.68. The topological polar surface area (TPSA) is 56.6 Å². The Morgan fingerprint density at radius 3 is 3.04 bits per heavy atom. The van der Waals surface area contributed by atoms with Crippen molar-refractivity contribution in [3.63, 3.8) is 0 Å². The smallest absolute Gasteiger partial charge is 0.270 e. The Labute approximate surface area is 147 Å². The van der Waals surface area contributed by atoms with E-state index in [9.17, 15) is 4.79 Å². The van der Waals surface area contributed by atoms with Crippen LogP contribution < -0.4 is 0 Å². The second kappa shape index (κ2) is 6.98. The summed E-state index contributed by atoms with van der Waals surface area (Å²) in [6.07, 6.45) is 5.43. The number of pyridine rings is 1. The van der Waals surface area contributed by atoms with Gasteiger partial charge in [0.25, 0.3) is 5.91 Å². The summed E-state index contributed by atoms with van der Waals surface area (Å²) in [6, 6.07) is 9.63. The van der Waals surface area contributed by atoms with Crippen LogP contribution in [0.4, 0.5) is 0 Å². The van der Waals surface area contributed by atoms with E-state index in [0.717, 1.165) is 25.1 Å². The number of hydrogen-bond donors (Lipinski definition) is 0. The maximum Gasteiger partial charge on any atom is 0.270 e. The van der Waals surface area contributed by atoms with E-state index < -0.39 is 0 Å². The zero-order valence-electron chi connectivity index (χ0n) is 14.4. The molecule has 0 bridgehead atoms. The minimum atomic E-state index is -0.114. The molecule has 25 heavy (non-hydrogen) atoms. The third-order valence-electron chi connectivity index (χ3n) is 5.07. The molecule has 0 N–H and O–H groups in total. The van der Waals surface area contributed by atoms with Gasteiger partial charge in [0.15, 0.2) is 0 Å². The lowest BCUT2D eigenvalue weighted by Gasteiger charge is -2.32. The predicted octanol–water partition coefficient (Wildman–Crippen LogP) is 2.01. The van der Waals surface area contributed by atoms with Crippen LogP contribution in [0, 0.1) is 0 Å². The lowest BCUT2D eigenvalue weighted by Crippen LogP contribution is -2.44. The molecule has 0 aliphatic carbocycles. The van der Waals surface area contributed by atoms with Crippen LogP contribution in [0.15, 0.2) is 42.7 Å². The summed E-state index contributed by atoms with van der Waals surface area (Å²) in [7, 11) is 1.90. The molecule has 0 aromatic carbocycles.